The smallest absolute Gasteiger partial charge is 0.251 e. The molecule has 10 heteroatoms. The van der Waals surface area contributed by atoms with Crippen LogP contribution in [0.15, 0.2) is 24.3 Å². The van der Waals surface area contributed by atoms with E-state index in [9.17, 15) is 23.6 Å². The van der Waals surface area contributed by atoms with Crippen LogP contribution in [0.1, 0.15) is 50.4 Å². The van der Waals surface area contributed by atoms with Crippen molar-refractivity contribution in [3.05, 3.63) is 35.6 Å². The summed E-state index contributed by atoms with van der Waals surface area (Å²) in [5, 5.41) is 12.0. The molecule has 1 heterocycles. The molecule has 1 aliphatic heterocycles. The summed E-state index contributed by atoms with van der Waals surface area (Å²) < 4.78 is 13.0. The number of rotatable bonds is 7. The zero-order valence-electron chi connectivity index (χ0n) is 18.6. The minimum absolute atomic E-state index is 0.160. The number of hydrogen-bond donors (Lipinski definition) is 4. The molecule has 176 valence electrons. The Morgan fingerprint density at radius 3 is 2.19 bits per heavy atom. The van der Waals surface area contributed by atoms with Crippen LogP contribution in [0, 0.1) is 23.1 Å². The monoisotopic (exact) mass is 450 g/mol. The topological polar surface area (TPSA) is 142 Å². The number of hydrogen-bond acceptors (Lipinski definition) is 5. The maximum absolute atomic E-state index is 13.4. The maximum atomic E-state index is 13.4. The molecule has 2 rings (SSSR count). The summed E-state index contributed by atoms with van der Waals surface area (Å²) in [5.41, 5.74) is 6.49. The molecular weight excluding hydrogens is 419 g/mol. The molecule has 0 aromatic heterocycles. The highest BCUT2D eigenvalue weighted by Crippen LogP contribution is 2.36. The van der Waals surface area contributed by atoms with Crippen LogP contribution in [0.4, 0.5) is 4.39 Å². The molecule has 0 aliphatic carbocycles. The van der Waals surface area contributed by atoms with Gasteiger partial charge >= 0.3 is 0 Å². The molecule has 1 aromatic rings. The number of halogens is 1. The summed E-state index contributed by atoms with van der Waals surface area (Å²) in [6.07, 6.45) is 0.634. The van der Waals surface area contributed by atoms with Crippen molar-refractivity contribution < 1.29 is 28.8 Å². The van der Waals surface area contributed by atoms with Gasteiger partial charge in [-0.05, 0) is 42.5 Å². The number of nitrogens with one attached hydrogen (secondary N) is 2. The van der Waals surface area contributed by atoms with Crippen molar-refractivity contribution in [2.75, 3.05) is 13.1 Å². The quantitative estimate of drug-likeness (QED) is 0.365. The number of likely N-dealkylation sites (tertiary alicyclic amines) is 1. The molecule has 1 saturated heterocycles. The zero-order valence-corrected chi connectivity index (χ0v) is 18.6. The lowest BCUT2D eigenvalue weighted by atomic mass is 9.70. The van der Waals surface area contributed by atoms with Crippen molar-refractivity contribution in [3.63, 3.8) is 0 Å². The number of nitrogens with zero attached hydrogens (tertiary/aromatic N) is 1. The second-order valence-electron chi connectivity index (χ2n) is 9.18. The number of hydroxylamine groups is 1. The minimum Gasteiger partial charge on any atom is -0.370 e. The molecule has 5 N–H and O–H groups in total. The molecule has 0 spiro atoms. The Kier molecular flexibility index (Phi) is 8.31. The number of benzene rings is 1. The van der Waals surface area contributed by atoms with Crippen LogP contribution in [0.5, 0.6) is 0 Å². The normalized spacial score (nSPS) is 16.7. The van der Waals surface area contributed by atoms with E-state index >= 15 is 0 Å². The fourth-order valence-corrected chi connectivity index (χ4v) is 4.12. The minimum atomic E-state index is -1.11. The van der Waals surface area contributed by atoms with E-state index in [1.165, 1.54) is 24.3 Å². The molecule has 2 atom stereocenters. The average Bonchev–Trinajstić information content (AvgIpc) is 2.72. The Morgan fingerprint density at radius 1 is 1.16 bits per heavy atom. The van der Waals surface area contributed by atoms with Gasteiger partial charge in [-0.25, -0.2) is 9.87 Å². The summed E-state index contributed by atoms with van der Waals surface area (Å²) >= 11 is 0. The Bertz CT molecular complexity index is 845. The first kappa shape index (κ1) is 25.3. The Hall–Kier alpha value is -3.01. The fourth-order valence-electron chi connectivity index (χ4n) is 4.12. The van der Waals surface area contributed by atoms with Gasteiger partial charge in [0.05, 0.1) is 11.8 Å². The van der Waals surface area contributed by atoms with Crippen LogP contribution in [-0.4, -0.2) is 52.9 Å². The van der Waals surface area contributed by atoms with E-state index in [1.807, 2.05) is 0 Å². The number of carbonyl (C=O) groups excluding carboxylic acids is 4. The zero-order chi connectivity index (χ0) is 24.1. The highest BCUT2D eigenvalue weighted by molar-refractivity contribution is 5.94. The summed E-state index contributed by atoms with van der Waals surface area (Å²) in [6.45, 7) is 6.05. The highest BCUT2D eigenvalue weighted by atomic mass is 19.1. The van der Waals surface area contributed by atoms with E-state index in [1.54, 1.807) is 31.2 Å². The van der Waals surface area contributed by atoms with Gasteiger partial charge in [-0.2, -0.15) is 0 Å². The molecule has 0 radical (unpaired) electrons. The van der Waals surface area contributed by atoms with E-state index in [0.29, 0.717) is 31.5 Å². The van der Waals surface area contributed by atoms with Crippen LogP contribution in [0.3, 0.4) is 0 Å². The van der Waals surface area contributed by atoms with Crippen LogP contribution < -0.4 is 16.5 Å². The van der Waals surface area contributed by atoms with Gasteiger partial charge in [0.25, 0.3) is 5.91 Å². The highest BCUT2D eigenvalue weighted by Gasteiger charge is 2.44. The summed E-state index contributed by atoms with van der Waals surface area (Å²) in [6, 6.07) is 5.08. The van der Waals surface area contributed by atoms with Crippen molar-refractivity contribution in [1.82, 2.24) is 15.7 Å². The van der Waals surface area contributed by atoms with E-state index < -0.39 is 34.9 Å². The summed E-state index contributed by atoms with van der Waals surface area (Å²) in [5.74, 6) is -4.62. The van der Waals surface area contributed by atoms with Crippen LogP contribution in [-0.2, 0) is 14.4 Å². The number of piperidine rings is 1. The second-order valence-corrected chi connectivity index (χ2v) is 9.18. The number of primary amides is 1. The van der Waals surface area contributed by atoms with Crippen molar-refractivity contribution in [2.45, 2.75) is 46.1 Å². The lowest BCUT2D eigenvalue weighted by Gasteiger charge is -2.40. The number of carbonyl (C=O) groups is 4. The molecule has 1 fully saturated rings. The van der Waals surface area contributed by atoms with Gasteiger partial charge in [-0.1, -0.05) is 20.8 Å². The first-order valence-corrected chi connectivity index (χ1v) is 10.5. The molecule has 1 aliphatic rings. The predicted octanol–water partition coefficient (Wildman–Crippen LogP) is 1.21. The Morgan fingerprint density at radius 2 is 1.72 bits per heavy atom. The van der Waals surface area contributed by atoms with Gasteiger partial charge in [-0.3, -0.25) is 24.4 Å². The lowest BCUT2D eigenvalue weighted by Crippen LogP contribution is -2.53. The molecule has 9 nitrogen and oxygen atoms in total. The molecule has 32 heavy (non-hydrogen) atoms. The third-order valence-corrected chi connectivity index (χ3v) is 5.72. The summed E-state index contributed by atoms with van der Waals surface area (Å²) in [4.78, 5) is 51.1. The average molecular weight is 451 g/mol. The van der Waals surface area contributed by atoms with Crippen molar-refractivity contribution >= 4 is 23.6 Å². The fraction of sp³-hybridized carbons (Fsp3) is 0.545. The van der Waals surface area contributed by atoms with E-state index in [-0.39, 0.29) is 24.3 Å². The van der Waals surface area contributed by atoms with Crippen molar-refractivity contribution in [3.8, 4) is 0 Å². The van der Waals surface area contributed by atoms with E-state index in [2.05, 4.69) is 5.32 Å². The van der Waals surface area contributed by atoms with Gasteiger partial charge in [0.15, 0.2) is 0 Å². The first-order chi connectivity index (χ1) is 14.9. The van der Waals surface area contributed by atoms with E-state index in [4.69, 9.17) is 10.9 Å². The van der Waals surface area contributed by atoms with Gasteiger partial charge in [-0.15, -0.1) is 0 Å². The predicted molar refractivity (Wildman–Crippen MR) is 114 cm³/mol. The molecule has 1 unspecified atom stereocenters. The molecule has 4 amide bonds. The lowest BCUT2D eigenvalue weighted by molar-refractivity contribution is -0.151. The molecule has 0 saturated carbocycles. The standard InChI is InChI=1S/C22H31FN4O5/c1-22(2,3)18(16(12-17(24)28)20(30)26-32)21(31)27-10-8-15(9-11-27)25-19(29)13-4-6-14(23)7-5-13/h4-7,15-16,18,32H,8-12H2,1-3H3,(H2,24,28)(H,25,29)(H,26,30)/t16?,18-/m1/s1. The summed E-state index contributed by atoms with van der Waals surface area (Å²) in [7, 11) is 0. The van der Waals surface area contributed by atoms with Crippen molar-refractivity contribution in [1.29, 1.82) is 0 Å². The molecule has 1 aromatic carbocycles. The van der Waals surface area contributed by atoms with E-state index in [0.717, 1.165) is 0 Å². The van der Waals surface area contributed by atoms with Gasteiger partial charge in [0.1, 0.15) is 5.82 Å². The van der Waals surface area contributed by atoms with Gasteiger partial charge < -0.3 is 16.0 Å². The van der Waals surface area contributed by atoms with Gasteiger partial charge in [0, 0.05) is 31.1 Å². The van der Waals surface area contributed by atoms with Crippen LogP contribution in [0.25, 0.3) is 0 Å². The van der Waals surface area contributed by atoms with Gasteiger partial charge in [0.2, 0.25) is 17.7 Å². The third-order valence-electron chi connectivity index (χ3n) is 5.72. The number of nitrogens with two attached hydrogens (primary N) is 1. The maximum Gasteiger partial charge on any atom is 0.251 e. The molecule has 0 bridgehead atoms. The second kappa shape index (κ2) is 10.5. The van der Waals surface area contributed by atoms with Crippen LogP contribution >= 0.6 is 0 Å². The van der Waals surface area contributed by atoms with Crippen molar-refractivity contribution in [2.24, 2.45) is 23.0 Å². The third kappa shape index (κ3) is 6.49. The first-order valence-electron chi connectivity index (χ1n) is 10.5. The largest absolute Gasteiger partial charge is 0.370 e. The Balaban J connectivity index is 2.06. The van der Waals surface area contributed by atoms with Crippen LogP contribution in [0.2, 0.25) is 0 Å². The Labute approximate surface area is 186 Å². The number of amides is 4. The SMILES string of the molecule is CC(C)(C)[C@@H](C(=O)N1CCC(NC(=O)c2ccc(F)cc2)CC1)C(CC(N)=O)C(=O)NO. The molecular formula is C22H31FN4O5.